The largest absolute Gasteiger partial charge is 0.281 e. The van der Waals surface area contributed by atoms with Crippen LogP contribution in [0.25, 0.3) is 0 Å². The van der Waals surface area contributed by atoms with E-state index in [4.69, 9.17) is 0 Å². The minimum atomic E-state index is 0.104. The fourth-order valence-electron chi connectivity index (χ4n) is 1.94. The van der Waals surface area contributed by atoms with Crippen LogP contribution in [-0.4, -0.2) is 5.12 Å². The topological polar surface area (TPSA) is 17.1 Å². The third-order valence-corrected chi connectivity index (χ3v) is 3.57. The summed E-state index contributed by atoms with van der Waals surface area (Å²) in [5.74, 6) is 0. The van der Waals surface area contributed by atoms with E-state index in [1.54, 1.807) is 0 Å². The van der Waals surface area contributed by atoms with Crippen LogP contribution in [0.15, 0.2) is 47.4 Å². The molecule has 0 heterocycles. The first-order valence-electron chi connectivity index (χ1n) is 5.92. The van der Waals surface area contributed by atoms with Crippen molar-refractivity contribution in [3.8, 4) is 0 Å². The van der Waals surface area contributed by atoms with Crippen LogP contribution in [0.5, 0.6) is 0 Å². The van der Waals surface area contributed by atoms with Crippen molar-refractivity contribution < 1.29 is 4.79 Å². The second kappa shape index (κ2) is 5.40. The molecular weight excluding hydrogens is 240 g/mol. The average Bonchev–Trinajstić information content (AvgIpc) is 2.27. The van der Waals surface area contributed by atoms with Gasteiger partial charge < -0.3 is 0 Å². The monoisotopic (exact) mass is 256 g/mol. The summed E-state index contributed by atoms with van der Waals surface area (Å²) in [6.07, 6.45) is 0. The predicted octanol–water partition coefficient (Wildman–Crippen LogP) is 4.54. The molecule has 0 aliphatic carbocycles. The molecule has 2 aromatic carbocycles. The number of thioether (sulfide) groups is 1. The third-order valence-electron chi connectivity index (χ3n) is 2.66. The summed E-state index contributed by atoms with van der Waals surface area (Å²) in [5, 5.41) is 0.104. The molecule has 0 bridgehead atoms. The van der Waals surface area contributed by atoms with Gasteiger partial charge in [0.2, 0.25) is 5.12 Å². The van der Waals surface area contributed by atoms with E-state index < -0.39 is 0 Å². The lowest BCUT2D eigenvalue weighted by atomic mass is 10.1. The summed E-state index contributed by atoms with van der Waals surface area (Å²) in [6.45, 7) is 6.06. The van der Waals surface area contributed by atoms with Crippen molar-refractivity contribution in [3.05, 3.63) is 64.7 Å². The van der Waals surface area contributed by atoms with Crippen LogP contribution in [0.2, 0.25) is 0 Å². The van der Waals surface area contributed by atoms with E-state index in [0.29, 0.717) is 0 Å². The summed E-state index contributed by atoms with van der Waals surface area (Å²) in [4.78, 5) is 13.2. The maximum absolute atomic E-state index is 12.2. The molecule has 0 unspecified atom stereocenters. The lowest BCUT2D eigenvalue weighted by molar-refractivity contribution is 0.108. The zero-order chi connectivity index (χ0) is 13.1. The highest BCUT2D eigenvalue weighted by molar-refractivity contribution is 8.14. The Bertz CT molecular complexity index is 567. The van der Waals surface area contributed by atoms with E-state index in [-0.39, 0.29) is 5.12 Å². The number of carbonyl (C=O) groups excluding carboxylic acids is 1. The second-order valence-corrected chi connectivity index (χ2v) is 5.63. The van der Waals surface area contributed by atoms with Crippen LogP contribution >= 0.6 is 11.8 Å². The van der Waals surface area contributed by atoms with Crippen molar-refractivity contribution in [1.82, 2.24) is 0 Å². The molecule has 1 nitrogen and oxygen atoms in total. The van der Waals surface area contributed by atoms with Gasteiger partial charge in [-0.05, 0) is 56.8 Å². The van der Waals surface area contributed by atoms with E-state index >= 15 is 0 Å². The number of benzene rings is 2. The van der Waals surface area contributed by atoms with Crippen molar-refractivity contribution in [2.75, 3.05) is 0 Å². The molecule has 0 atom stereocenters. The molecule has 2 heteroatoms. The summed E-state index contributed by atoms with van der Waals surface area (Å²) >= 11 is 1.29. The van der Waals surface area contributed by atoms with Crippen LogP contribution in [-0.2, 0) is 0 Å². The molecule has 0 saturated carbocycles. The Morgan fingerprint density at radius 1 is 0.889 bits per heavy atom. The zero-order valence-corrected chi connectivity index (χ0v) is 11.7. The molecule has 0 spiro atoms. The van der Waals surface area contributed by atoms with Crippen LogP contribution in [0.4, 0.5) is 0 Å². The first kappa shape index (κ1) is 12.9. The molecule has 0 amide bonds. The van der Waals surface area contributed by atoms with E-state index in [1.807, 2.05) is 57.2 Å². The average molecular weight is 256 g/mol. The smallest absolute Gasteiger partial charge is 0.224 e. The lowest BCUT2D eigenvalue weighted by Gasteiger charge is -2.04. The summed E-state index contributed by atoms with van der Waals surface area (Å²) in [7, 11) is 0. The van der Waals surface area contributed by atoms with Crippen molar-refractivity contribution in [2.24, 2.45) is 0 Å². The van der Waals surface area contributed by atoms with E-state index in [0.717, 1.165) is 21.6 Å². The molecule has 0 aromatic heterocycles. The van der Waals surface area contributed by atoms with Gasteiger partial charge in [0, 0.05) is 10.5 Å². The molecule has 18 heavy (non-hydrogen) atoms. The first-order chi connectivity index (χ1) is 8.54. The third kappa shape index (κ3) is 3.23. The first-order valence-corrected chi connectivity index (χ1v) is 6.73. The minimum absolute atomic E-state index is 0.104. The van der Waals surface area contributed by atoms with Gasteiger partial charge >= 0.3 is 0 Å². The van der Waals surface area contributed by atoms with Gasteiger partial charge in [0.15, 0.2) is 0 Å². The van der Waals surface area contributed by atoms with Crippen molar-refractivity contribution in [3.63, 3.8) is 0 Å². The van der Waals surface area contributed by atoms with E-state index in [9.17, 15) is 4.79 Å². The zero-order valence-electron chi connectivity index (χ0n) is 10.9. The van der Waals surface area contributed by atoms with Crippen molar-refractivity contribution in [1.29, 1.82) is 0 Å². The van der Waals surface area contributed by atoms with E-state index in [2.05, 4.69) is 6.07 Å². The Balaban J connectivity index is 2.22. The van der Waals surface area contributed by atoms with Gasteiger partial charge in [0.1, 0.15) is 0 Å². The Morgan fingerprint density at radius 2 is 1.56 bits per heavy atom. The highest BCUT2D eigenvalue weighted by Crippen LogP contribution is 2.24. The number of aryl methyl sites for hydroxylation is 3. The van der Waals surface area contributed by atoms with Gasteiger partial charge in [-0.15, -0.1) is 0 Å². The second-order valence-electron chi connectivity index (χ2n) is 4.58. The summed E-state index contributed by atoms with van der Waals surface area (Å²) < 4.78 is 0. The quantitative estimate of drug-likeness (QED) is 0.733. The van der Waals surface area contributed by atoms with Crippen LogP contribution in [0.3, 0.4) is 0 Å². The van der Waals surface area contributed by atoms with Crippen molar-refractivity contribution in [2.45, 2.75) is 25.7 Å². The molecule has 0 aliphatic heterocycles. The number of hydrogen-bond donors (Lipinski definition) is 0. The Morgan fingerprint density at radius 3 is 2.17 bits per heavy atom. The molecule has 92 valence electrons. The molecule has 2 aromatic rings. The molecule has 0 aliphatic rings. The summed E-state index contributed by atoms with van der Waals surface area (Å²) in [6, 6.07) is 14.0. The molecule has 0 fully saturated rings. The maximum atomic E-state index is 12.2. The molecular formula is C16H16OS. The standard InChI is InChI=1S/C16H16OS/c1-11-5-4-6-15(10-11)18-16(17)14-8-12(2)7-13(3)9-14/h4-10H,1-3H3. The highest BCUT2D eigenvalue weighted by Gasteiger charge is 2.09. The number of carbonyl (C=O) groups is 1. The Hall–Kier alpha value is -1.54. The number of hydrogen-bond acceptors (Lipinski definition) is 2. The fourth-order valence-corrected chi connectivity index (χ4v) is 2.78. The predicted molar refractivity (Wildman–Crippen MR) is 77.3 cm³/mol. The van der Waals surface area contributed by atoms with Crippen LogP contribution in [0.1, 0.15) is 27.0 Å². The van der Waals surface area contributed by atoms with Gasteiger partial charge in [-0.25, -0.2) is 0 Å². The van der Waals surface area contributed by atoms with Crippen molar-refractivity contribution >= 4 is 16.9 Å². The van der Waals surface area contributed by atoms with Gasteiger partial charge in [0.25, 0.3) is 0 Å². The van der Waals surface area contributed by atoms with Gasteiger partial charge in [0.05, 0.1) is 0 Å². The number of rotatable bonds is 2. The summed E-state index contributed by atoms with van der Waals surface area (Å²) in [5.41, 5.74) is 4.21. The van der Waals surface area contributed by atoms with Crippen LogP contribution < -0.4 is 0 Å². The molecule has 0 N–H and O–H groups in total. The Kier molecular flexibility index (Phi) is 3.87. The van der Waals surface area contributed by atoms with E-state index in [1.165, 1.54) is 17.3 Å². The minimum Gasteiger partial charge on any atom is -0.281 e. The lowest BCUT2D eigenvalue weighted by Crippen LogP contribution is -1.95. The SMILES string of the molecule is Cc1cccc(SC(=O)c2cc(C)cc(C)c2)c1. The van der Waals surface area contributed by atoms with Gasteiger partial charge in [-0.3, -0.25) is 4.79 Å². The van der Waals surface area contributed by atoms with Gasteiger partial charge in [-0.1, -0.05) is 34.9 Å². The highest BCUT2D eigenvalue weighted by atomic mass is 32.2. The van der Waals surface area contributed by atoms with Crippen LogP contribution in [0, 0.1) is 20.8 Å². The maximum Gasteiger partial charge on any atom is 0.224 e. The fraction of sp³-hybridized carbons (Fsp3) is 0.188. The normalized spacial score (nSPS) is 10.4. The van der Waals surface area contributed by atoms with Gasteiger partial charge in [-0.2, -0.15) is 0 Å². The molecule has 0 radical (unpaired) electrons. The molecule has 2 rings (SSSR count). The Labute approximate surface area is 112 Å². The molecule has 0 saturated heterocycles.